The highest BCUT2D eigenvalue weighted by Gasteiger charge is 2.20. The third-order valence-corrected chi connectivity index (χ3v) is 2.66. The van der Waals surface area contributed by atoms with E-state index in [0.717, 1.165) is 18.2 Å². The van der Waals surface area contributed by atoms with Gasteiger partial charge in [0.05, 0.1) is 6.04 Å². The van der Waals surface area contributed by atoms with E-state index in [9.17, 15) is 22.0 Å². The fraction of sp³-hybridized carbons (Fsp3) is 0.0769. The molecule has 0 spiro atoms. The number of nitrogens with two attached hydrogens (primary N) is 1. The van der Waals surface area contributed by atoms with Crippen LogP contribution in [-0.4, -0.2) is 0 Å². The molecule has 0 aromatic heterocycles. The van der Waals surface area contributed by atoms with Gasteiger partial charge in [-0.05, 0) is 17.7 Å². The van der Waals surface area contributed by atoms with Crippen LogP contribution in [-0.2, 0) is 0 Å². The first-order valence-electron chi connectivity index (χ1n) is 5.25. The van der Waals surface area contributed by atoms with Crippen molar-refractivity contribution in [3.05, 3.63) is 70.5 Å². The summed E-state index contributed by atoms with van der Waals surface area (Å²) in [6, 6.07) is 2.21. The van der Waals surface area contributed by atoms with E-state index in [4.69, 9.17) is 5.73 Å². The Bertz CT molecular complexity index is 603. The summed E-state index contributed by atoms with van der Waals surface area (Å²) in [4.78, 5) is 0. The largest absolute Gasteiger partial charge is 0.320 e. The fourth-order valence-corrected chi connectivity index (χ4v) is 1.72. The lowest BCUT2D eigenvalue weighted by Crippen LogP contribution is -2.16. The molecule has 2 rings (SSSR count). The summed E-state index contributed by atoms with van der Waals surface area (Å²) in [6.45, 7) is 0. The van der Waals surface area contributed by atoms with Crippen molar-refractivity contribution in [2.45, 2.75) is 6.04 Å². The highest BCUT2D eigenvalue weighted by Crippen LogP contribution is 2.26. The van der Waals surface area contributed by atoms with Gasteiger partial charge in [0.15, 0.2) is 11.6 Å². The van der Waals surface area contributed by atoms with E-state index in [1.54, 1.807) is 0 Å². The Hall–Kier alpha value is -1.95. The van der Waals surface area contributed by atoms with Gasteiger partial charge in [0.2, 0.25) is 0 Å². The minimum atomic E-state index is -1.37. The summed E-state index contributed by atoms with van der Waals surface area (Å²) >= 11 is 0. The Morgan fingerprint density at radius 3 is 1.84 bits per heavy atom. The van der Waals surface area contributed by atoms with Crippen LogP contribution in [0.2, 0.25) is 0 Å². The van der Waals surface area contributed by atoms with Crippen LogP contribution in [0.1, 0.15) is 17.2 Å². The molecule has 0 saturated heterocycles. The van der Waals surface area contributed by atoms with Crippen molar-refractivity contribution in [2.75, 3.05) is 0 Å². The van der Waals surface area contributed by atoms with Crippen molar-refractivity contribution >= 4 is 0 Å². The van der Waals surface area contributed by atoms with Crippen LogP contribution in [0.4, 0.5) is 22.0 Å². The summed E-state index contributed by atoms with van der Waals surface area (Å²) in [6.07, 6.45) is 0. The van der Waals surface area contributed by atoms with Gasteiger partial charge in [0.25, 0.3) is 0 Å². The van der Waals surface area contributed by atoms with E-state index in [1.807, 2.05) is 0 Å². The van der Waals surface area contributed by atoms with Gasteiger partial charge in [-0.15, -0.1) is 0 Å². The number of rotatable bonds is 2. The molecule has 0 aliphatic carbocycles. The van der Waals surface area contributed by atoms with E-state index >= 15 is 0 Å². The van der Waals surface area contributed by atoms with E-state index in [-0.39, 0.29) is 5.56 Å². The second kappa shape index (κ2) is 4.97. The van der Waals surface area contributed by atoms with Gasteiger partial charge in [-0.25, -0.2) is 22.0 Å². The predicted molar refractivity (Wildman–Crippen MR) is 58.7 cm³/mol. The maximum absolute atomic E-state index is 13.5. The standard InChI is InChI=1S/C13H8F5N/c14-7-4-10(17)12(11(18)5-7)13(19)6-1-2-8(15)9(16)3-6/h1-5,13H,19H2. The third kappa shape index (κ3) is 2.58. The highest BCUT2D eigenvalue weighted by atomic mass is 19.2. The molecule has 0 radical (unpaired) electrons. The zero-order chi connectivity index (χ0) is 14.2. The third-order valence-electron chi connectivity index (χ3n) is 2.66. The van der Waals surface area contributed by atoms with Crippen molar-refractivity contribution in [3.8, 4) is 0 Å². The SMILES string of the molecule is NC(c1ccc(F)c(F)c1)c1c(F)cc(F)cc1F. The molecule has 0 amide bonds. The monoisotopic (exact) mass is 273 g/mol. The quantitative estimate of drug-likeness (QED) is 0.833. The lowest BCUT2D eigenvalue weighted by atomic mass is 9.98. The van der Waals surface area contributed by atoms with Crippen LogP contribution in [0.25, 0.3) is 0 Å². The maximum atomic E-state index is 13.5. The molecule has 1 unspecified atom stereocenters. The van der Waals surface area contributed by atoms with Crippen molar-refractivity contribution in [1.82, 2.24) is 0 Å². The molecule has 1 atom stereocenters. The number of hydrogen-bond acceptors (Lipinski definition) is 1. The highest BCUT2D eigenvalue weighted by molar-refractivity contribution is 5.34. The second-order valence-corrected chi connectivity index (χ2v) is 3.93. The Labute approximate surface area is 105 Å². The Kier molecular flexibility index (Phi) is 3.53. The molecule has 2 aromatic rings. The molecule has 0 fully saturated rings. The minimum absolute atomic E-state index is 0.0247. The zero-order valence-electron chi connectivity index (χ0n) is 9.43. The molecule has 0 saturated carbocycles. The van der Waals surface area contributed by atoms with Crippen LogP contribution >= 0.6 is 0 Å². The molecular weight excluding hydrogens is 265 g/mol. The van der Waals surface area contributed by atoms with Gasteiger partial charge in [0, 0.05) is 17.7 Å². The smallest absolute Gasteiger partial charge is 0.159 e. The van der Waals surface area contributed by atoms with Gasteiger partial charge < -0.3 is 5.73 Å². The molecule has 0 aliphatic heterocycles. The summed E-state index contributed by atoms with van der Waals surface area (Å²) in [5.74, 6) is -5.74. The van der Waals surface area contributed by atoms with Crippen LogP contribution in [0.3, 0.4) is 0 Å². The summed E-state index contributed by atoms with van der Waals surface area (Å²) in [7, 11) is 0. The van der Waals surface area contributed by atoms with Crippen molar-refractivity contribution in [3.63, 3.8) is 0 Å². The molecule has 100 valence electrons. The van der Waals surface area contributed by atoms with Crippen LogP contribution < -0.4 is 5.73 Å². The average Bonchev–Trinajstić information content (AvgIpc) is 2.31. The fourth-order valence-electron chi connectivity index (χ4n) is 1.72. The van der Waals surface area contributed by atoms with Gasteiger partial charge in [-0.3, -0.25) is 0 Å². The summed E-state index contributed by atoms with van der Waals surface area (Å²) < 4.78 is 65.6. The molecule has 6 heteroatoms. The van der Waals surface area contributed by atoms with E-state index in [1.165, 1.54) is 0 Å². The molecule has 0 bridgehead atoms. The molecule has 1 nitrogen and oxygen atoms in total. The zero-order valence-corrected chi connectivity index (χ0v) is 9.43. The topological polar surface area (TPSA) is 26.0 Å². The van der Waals surface area contributed by atoms with E-state index in [2.05, 4.69) is 0 Å². The van der Waals surface area contributed by atoms with Crippen molar-refractivity contribution in [2.24, 2.45) is 5.73 Å². The first-order chi connectivity index (χ1) is 8.90. The van der Waals surface area contributed by atoms with Crippen LogP contribution in [0.15, 0.2) is 30.3 Å². The molecule has 0 heterocycles. The average molecular weight is 273 g/mol. The van der Waals surface area contributed by atoms with Gasteiger partial charge in [-0.1, -0.05) is 6.07 Å². The first kappa shape index (κ1) is 13.5. The molecule has 2 aromatic carbocycles. The maximum Gasteiger partial charge on any atom is 0.159 e. The number of hydrogen-bond donors (Lipinski definition) is 1. The van der Waals surface area contributed by atoms with Gasteiger partial charge in [0.1, 0.15) is 17.5 Å². The van der Waals surface area contributed by atoms with Gasteiger partial charge >= 0.3 is 0 Å². The van der Waals surface area contributed by atoms with E-state index < -0.39 is 40.7 Å². The van der Waals surface area contributed by atoms with E-state index in [0.29, 0.717) is 12.1 Å². The molecule has 19 heavy (non-hydrogen) atoms. The van der Waals surface area contributed by atoms with Crippen molar-refractivity contribution in [1.29, 1.82) is 0 Å². The molecule has 2 N–H and O–H groups in total. The normalized spacial score (nSPS) is 12.5. The Morgan fingerprint density at radius 1 is 0.737 bits per heavy atom. The van der Waals surface area contributed by atoms with Crippen LogP contribution in [0, 0.1) is 29.1 Å². The lowest BCUT2D eigenvalue weighted by Gasteiger charge is -2.14. The summed E-state index contributed by atoms with van der Waals surface area (Å²) in [5.41, 5.74) is 4.97. The molecule has 0 aliphatic rings. The Balaban J connectivity index is 2.49. The van der Waals surface area contributed by atoms with Crippen LogP contribution in [0.5, 0.6) is 0 Å². The predicted octanol–water partition coefficient (Wildman–Crippen LogP) is 3.43. The first-order valence-corrected chi connectivity index (χ1v) is 5.25. The lowest BCUT2D eigenvalue weighted by molar-refractivity contribution is 0.501. The minimum Gasteiger partial charge on any atom is -0.320 e. The molecular formula is C13H8F5N. The van der Waals surface area contributed by atoms with Crippen molar-refractivity contribution < 1.29 is 22.0 Å². The number of halogens is 5. The summed E-state index contributed by atoms with van der Waals surface area (Å²) in [5, 5.41) is 0. The Morgan fingerprint density at radius 2 is 1.32 bits per heavy atom. The number of benzene rings is 2. The van der Waals surface area contributed by atoms with Gasteiger partial charge in [-0.2, -0.15) is 0 Å². The second-order valence-electron chi connectivity index (χ2n) is 3.93.